The van der Waals surface area contributed by atoms with Crippen molar-refractivity contribution in [3.05, 3.63) is 57.1 Å². The number of aromatic hydroxyl groups is 2. The predicted molar refractivity (Wildman–Crippen MR) is 87.4 cm³/mol. The normalized spacial score (nSPS) is 9.59. The lowest BCUT2D eigenvalue weighted by molar-refractivity contribution is 0.0997. The van der Waals surface area contributed by atoms with Crippen molar-refractivity contribution >= 4 is 35.3 Å². The molecule has 0 heterocycles. The quantitative estimate of drug-likeness (QED) is 0.628. The van der Waals surface area contributed by atoms with Crippen LogP contribution in [0.4, 0.5) is 0 Å². The van der Waals surface area contributed by atoms with Gasteiger partial charge in [0.2, 0.25) is 0 Å². The number of benzene rings is 2. The fourth-order valence-corrected chi connectivity index (χ4v) is 2.06. The smallest absolute Gasteiger partial charge is 0.252 e. The number of phenols is 2. The van der Waals surface area contributed by atoms with Crippen molar-refractivity contribution in [3.63, 3.8) is 0 Å². The molecule has 2 aromatic carbocycles. The van der Waals surface area contributed by atoms with Gasteiger partial charge in [0.05, 0.1) is 10.6 Å². The van der Waals surface area contributed by atoms with Gasteiger partial charge in [0.15, 0.2) is 0 Å². The van der Waals surface area contributed by atoms with Crippen LogP contribution in [-0.4, -0.2) is 22.3 Å². The van der Waals surface area contributed by atoms with E-state index in [4.69, 9.17) is 34.3 Å². The lowest BCUT2D eigenvalue weighted by Crippen LogP contribution is -2.11. The van der Waals surface area contributed by atoms with Gasteiger partial charge in [-0.05, 0) is 30.7 Å². The summed E-state index contributed by atoms with van der Waals surface area (Å²) in [5.41, 5.74) is 6.13. The Balaban J connectivity index is 0.000000220. The van der Waals surface area contributed by atoms with E-state index in [0.29, 0.717) is 16.1 Å². The largest absolute Gasteiger partial charge is 0.507 e. The molecule has 0 spiro atoms. The zero-order valence-electron chi connectivity index (χ0n) is 11.6. The van der Waals surface area contributed by atoms with Gasteiger partial charge in [-0.15, -0.1) is 0 Å². The average molecular weight is 341 g/mol. The van der Waals surface area contributed by atoms with E-state index >= 15 is 0 Å². The zero-order chi connectivity index (χ0) is 16.9. The standard InChI is InChI=1S/C8H9NO2.C7H5Cl2NO/c1-5-3-2-4-6(7(5)10)8(9)11;8-5-1-4(3-10)7(11)6(9)2-5/h2-4,10H,1H3,(H2,9,11);1-3,10-11H. The zero-order valence-corrected chi connectivity index (χ0v) is 13.1. The van der Waals surface area contributed by atoms with Crippen LogP contribution in [0.15, 0.2) is 30.3 Å². The van der Waals surface area contributed by atoms with Crippen molar-refractivity contribution in [2.24, 2.45) is 5.73 Å². The first-order valence-electron chi connectivity index (χ1n) is 6.04. The number of amides is 1. The predicted octanol–water partition coefficient (Wildman–Crippen LogP) is 3.50. The Morgan fingerprint density at radius 2 is 1.86 bits per heavy atom. The van der Waals surface area contributed by atoms with Crippen molar-refractivity contribution in [1.82, 2.24) is 0 Å². The fraction of sp³-hybridized carbons (Fsp3) is 0.0667. The van der Waals surface area contributed by atoms with Crippen LogP contribution in [-0.2, 0) is 0 Å². The molecule has 0 saturated heterocycles. The number of nitrogens with two attached hydrogens (primary N) is 1. The van der Waals surface area contributed by atoms with E-state index in [-0.39, 0.29) is 22.1 Å². The van der Waals surface area contributed by atoms with E-state index in [2.05, 4.69) is 0 Å². The minimum absolute atomic E-state index is 0.0278. The number of phenolic OH excluding ortho intramolecular Hbond substituents is 1. The molecule has 0 saturated carbocycles. The number of carbonyl (C=O) groups excluding carboxylic acids is 1. The van der Waals surface area contributed by atoms with Gasteiger partial charge in [-0.1, -0.05) is 35.3 Å². The summed E-state index contributed by atoms with van der Waals surface area (Å²) < 4.78 is 0. The highest BCUT2D eigenvalue weighted by atomic mass is 35.5. The van der Waals surface area contributed by atoms with Gasteiger partial charge in [-0.25, -0.2) is 0 Å². The van der Waals surface area contributed by atoms with Gasteiger partial charge < -0.3 is 21.4 Å². The maximum absolute atomic E-state index is 10.6. The SMILES string of the molecule is Cc1cccc(C(N)=O)c1O.N=Cc1cc(Cl)cc(Cl)c1O. The molecule has 0 fully saturated rings. The van der Waals surface area contributed by atoms with Crippen molar-refractivity contribution in [3.8, 4) is 11.5 Å². The van der Waals surface area contributed by atoms with E-state index in [1.807, 2.05) is 0 Å². The maximum atomic E-state index is 10.6. The molecule has 0 aliphatic carbocycles. The van der Waals surface area contributed by atoms with Gasteiger partial charge >= 0.3 is 0 Å². The fourth-order valence-electron chi connectivity index (χ4n) is 1.55. The summed E-state index contributed by atoms with van der Waals surface area (Å²) in [4.78, 5) is 10.6. The number of halogens is 2. The number of rotatable bonds is 2. The molecule has 116 valence electrons. The summed E-state index contributed by atoms with van der Waals surface area (Å²) in [5, 5.41) is 25.9. The first kappa shape index (κ1) is 17.8. The molecule has 2 aromatic rings. The summed E-state index contributed by atoms with van der Waals surface area (Å²) >= 11 is 11.2. The van der Waals surface area contributed by atoms with Crippen LogP contribution in [0.2, 0.25) is 10.0 Å². The molecule has 5 nitrogen and oxygen atoms in total. The van der Waals surface area contributed by atoms with E-state index < -0.39 is 5.91 Å². The minimum atomic E-state index is -0.605. The highest BCUT2D eigenvalue weighted by Crippen LogP contribution is 2.29. The van der Waals surface area contributed by atoms with E-state index in [0.717, 1.165) is 6.21 Å². The molecule has 22 heavy (non-hydrogen) atoms. The maximum Gasteiger partial charge on any atom is 0.252 e. The summed E-state index contributed by atoms with van der Waals surface area (Å²) in [6, 6.07) is 7.77. The van der Waals surface area contributed by atoms with E-state index in [9.17, 15) is 15.0 Å². The Morgan fingerprint density at radius 1 is 1.23 bits per heavy atom. The highest BCUT2D eigenvalue weighted by molar-refractivity contribution is 6.36. The molecular formula is C15H14Cl2N2O3. The van der Waals surface area contributed by atoms with Crippen LogP contribution in [0.5, 0.6) is 11.5 Å². The Labute approximate surface area is 137 Å². The van der Waals surface area contributed by atoms with Crippen molar-refractivity contribution in [1.29, 1.82) is 5.41 Å². The molecule has 0 bridgehead atoms. The van der Waals surface area contributed by atoms with Crippen LogP contribution in [0, 0.1) is 12.3 Å². The summed E-state index contributed by atoms with van der Waals surface area (Å²) in [6.45, 7) is 1.71. The summed E-state index contributed by atoms with van der Waals surface area (Å²) in [5.74, 6) is -0.739. The first-order valence-corrected chi connectivity index (χ1v) is 6.80. The first-order chi connectivity index (χ1) is 10.3. The van der Waals surface area contributed by atoms with E-state index in [1.165, 1.54) is 18.2 Å². The number of para-hydroxylation sites is 1. The van der Waals surface area contributed by atoms with E-state index in [1.54, 1.807) is 19.1 Å². The molecule has 0 atom stereocenters. The molecule has 2 rings (SSSR count). The second-order valence-electron chi connectivity index (χ2n) is 4.31. The van der Waals surface area contributed by atoms with Crippen molar-refractivity contribution < 1.29 is 15.0 Å². The molecule has 0 aliphatic heterocycles. The summed E-state index contributed by atoms with van der Waals surface area (Å²) in [6.07, 6.45) is 0.993. The molecule has 0 unspecified atom stereocenters. The van der Waals surface area contributed by atoms with Gasteiger partial charge in [-0.2, -0.15) is 0 Å². The van der Waals surface area contributed by atoms with Gasteiger partial charge in [0.25, 0.3) is 5.91 Å². The number of hydrogen-bond donors (Lipinski definition) is 4. The minimum Gasteiger partial charge on any atom is -0.507 e. The molecule has 7 heteroatoms. The Kier molecular flexibility index (Phi) is 6.22. The monoisotopic (exact) mass is 340 g/mol. The Bertz CT molecular complexity index is 718. The van der Waals surface area contributed by atoms with Crippen molar-refractivity contribution in [2.45, 2.75) is 6.92 Å². The van der Waals surface area contributed by atoms with Crippen LogP contribution < -0.4 is 5.73 Å². The van der Waals surface area contributed by atoms with Crippen LogP contribution in [0.25, 0.3) is 0 Å². The number of primary amides is 1. The lowest BCUT2D eigenvalue weighted by atomic mass is 10.1. The number of aryl methyl sites for hydroxylation is 1. The van der Waals surface area contributed by atoms with Crippen molar-refractivity contribution in [2.75, 3.05) is 0 Å². The molecule has 1 amide bonds. The molecular weight excluding hydrogens is 327 g/mol. The summed E-state index contributed by atoms with van der Waals surface area (Å²) in [7, 11) is 0. The Morgan fingerprint density at radius 3 is 2.36 bits per heavy atom. The lowest BCUT2D eigenvalue weighted by Gasteiger charge is -2.01. The molecule has 0 aromatic heterocycles. The second-order valence-corrected chi connectivity index (χ2v) is 5.15. The molecule has 0 aliphatic rings. The van der Waals surface area contributed by atoms with Gasteiger partial charge in [0.1, 0.15) is 11.5 Å². The van der Waals surface area contributed by atoms with Crippen LogP contribution in [0.3, 0.4) is 0 Å². The molecule has 0 radical (unpaired) electrons. The highest BCUT2D eigenvalue weighted by Gasteiger charge is 2.07. The molecule has 5 N–H and O–H groups in total. The number of carbonyl (C=O) groups is 1. The van der Waals surface area contributed by atoms with Crippen LogP contribution in [0.1, 0.15) is 21.5 Å². The second kappa shape index (κ2) is 7.68. The van der Waals surface area contributed by atoms with Gasteiger partial charge in [-0.3, -0.25) is 4.79 Å². The average Bonchev–Trinajstić information content (AvgIpc) is 2.46. The number of hydrogen-bond acceptors (Lipinski definition) is 4. The third-order valence-electron chi connectivity index (χ3n) is 2.72. The Hall–Kier alpha value is -2.24. The number of nitrogens with one attached hydrogen (secondary N) is 1. The van der Waals surface area contributed by atoms with Gasteiger partial charge in [0, 0.05) is 16.8 Å². The third-order valence-corrected chi connectivity index (χ3v) is 3.22. The topological polar surface area (TPSA) is 107 Å². The van der Waals surface area contributed by atoms with Crippen LogP contribution >= 0.6 is 23.2 Å². The third kappa shape index (κ3) is 4.38.